The second-order valence-electron chi connectivity index (χ2n) is 9.31. The Labute approximate surface area is 215 Å². The molecule has 11 nitrogen and oxygen atoms in total. The first-order valence-corrected chi connectivity index (χ1v) is 12.5. The molecule has 198 valence electrons. The molecule has 37 heavy (non-hydrogen) atoms. The Morgan fingerprint density at radius 1 is 1.05 bits per heavy atom. The summed E-state index contributed by atoms with van der Waals surface area (Å²) in [6.07, 6.45) is 3.47. The highest BCUT2D eigenvalue weighted by Crippen LogP contribution is 2.25. The largest absolute Gasteiger partial charge is 0.433 e. The average Bonchev–Trinajstić information content (AvgIpc) is 3.22. The summed E-state index contributed by atoms with van der Waals surface area (Å²) in [5.41, 5.74) is 0.418. The molecule has 4 amide bonds. The Kier molecular flexibility index (Phi) is 8.22. The van der Waals surface area contributed by atoms with Gasteiger partial charge in [0, 0.05) is 25.6 Å². The van der Waals surface area contributed by atoms with Crippen LogP contribution < -0.4 is 10.6 Å². The molecule has 2 unspecified atom stereocenters. The first kappa shape index (κ1) is 26.3. The van der Waals surface area contributed by atoms with Crippen molar-refractivity contribution in [2.45, 2.75) is 63.6 Å². The van der Waals surface area contributed by atoms with Crippen LogP contribution in [0.3, 0.4) is 0 Å². The van der Waals surface area contributed by atoms with Crippen molar-refractivity contribution in [3.8, 4) is 0 Å². The summed E-state index contributed by atoms with van der Waals surface area (Å²) in [5, 5.41) is 5.60. The number of benzene rings is 1. The number of hydrogen-bond donors (Lipinski definition) is 2. The molecule has 2 fully saturated rings. The van der Waals surface area contributed by atoms with Crippen molar-refractivity contribution >= 4 is 29.6 Å². The molecule has 0 radical (unpaired) electrons. The maximum absolute atomic E-state index is 13.8. The first-order chi connectivity index (χ1) is 17.8. The topological polar surface area (TPSA) is 134 Å². The minimum Gasteiger partial charge on any atom is -0.433 e. The average molecular weight is 513 g/mol. The van der Waals surface area contributed by atoms with Crippen molar-refractivity contribution in [2.75, 3.05) is 19.7 Å². The van der Waals surface area contributed by atoms with Crippen LogP contribution >= 0.6 is 0 Å². The van der Waals surface area contributed by atoms with Gasteiger partial charge in [-0.2, -0.15) is 0 Å². The molecule has 11 heteroatoms. The van der Waals surface area contributed by atoms with E-state index >= 15 is 0 Å². The highest BCUT2D eigenvalue weighted by atomic mass is 16.7. The van der Waals surface area contributed by atoms with E-state index in [0.717, 1.165) is 0 Å². The zero-order valence-corrected chi connectivity index (χ0v) is 20.9. The molecule has 0 saturated carbocycles. The van der Waals surface area contributed by atoms with Crippen molar-refractivity contribution in [1.82, 2.24) is 20.4 Å². The number of ether oxygens (including phenoxy) is 2. The summed E-state index contributed by atoms with van der Waals surface area (Å²) in [7, 11) is 0. The van der Waals surface area contributed by atoms with Crippen LogP contribution in [0.4, 0.5) is 0 Å². The Morgan fingerprint density at radius 2 is 1.78 bits per heavy atom. The number of nitrogens with zero attached hydrogens (tertiary/aromatic N) is 2. The van der Waals surface area contributed by atoms with Crippen molar-refractivity contribution in [2.24, 2.45) is 0 Å². The van der Waals surface area contributed by atoms with E-state index in [1.165, 1.54) is 11.8 Å². The van der Waals surface area contributed by atoms with Gasteiger partial charge in [-0.25, -0.2) is 0 Å². The fourth-order valence-corrected chi connectivity index (χ4v) is 4.92. The highest BCUT2D eigenvalue weighted by molar-refractivity contribution is 5.99. The van der Waals surface area contributed by atoms with Gasteiger partial charge in [-0.3, -0.25) is 24.0 Å². The Hall–Kier alpha value is -3.73. The SMILES string of the molecule is CCOC1OC(=O)CC1NC(=O)[C@@H]1CN(C(C)=O)C[C@@H]2C/C=C\C[C@H](NC(=O)c3ccccc3)C(=O)N21. The van der Waals surface area contributed by atoms with Crippen LogP contribution in [-0.4, -0.2) is 89.6 Å². The summed E-state index contributed by atoms with van der Waals surface area (Å²) in [5.74, 6) is -2.02. The van der Waals surface area contributed by atoms with E-state index in [4.69, 9.17) is 9.47 Å². The summed E-state index contributed by atoms with van der Waals surface area (Å²) >= 11 is 0. The maximum Gasteiger partial charge on any atom is 0.310 e. The lowest BCUT2D eigenvalue weighted by molar-refractivity contribution is -0.165. The van der Waals surface area contributed by atoms with E-state index in [0.29, 0.717) is 12.0 Å². The fraction of sp³-hybridized carbons (Fsp3) is 0.500. The number of rotatable bonds is 6. The predicted octanol–water partition coefficient (Wildman–Crippen LogP) is 0.357. The van der Waals surface area contributed by atoms with Crippen molar-refractivity contribution in [3.63, 3.8) is 0 Å². The summed E-state index contributed by atoms with van der Waals surface area (Å²) in [4.78, 5) is 67.4. The van der Waals surface area contributed by atoms with Crippen molar-refractivity contribution in [1.29, 1.82) is 0 Å². The van der Waals surface area contributed by atoms with Gasteiger partial charge in [0.1, 0.15) is 18.1 Å². The van der Waals surface area contributed by atoms with Crippen LogP contribution in [0, 0.1) is 0 Å². The molecule has 3 heterocycles. The van der Waals surface area contributed by atoms with Gasteiger partial charge >= 0.3 is 5.97 Å². The number of amides is 4. The van der Waals surface area contributed by atoms with Crippen molar-refractivity contribution in [3.05, 3.63) is 48.0 Å². The summed E-state index contributed by atoms with van der Waals surface area (Å²) < 4.78 is 10.6. The third-order valence-corrected chi connectivity index (χ3v) is 6.76. The molecular formula is C26H32N4O7. The molecule has 2 saturated heterocycles. The van der Waals surface area contributed by atoms with Crippen LogP contribution in [0.5, 0.6) is 0 Å². The van der Waals surface area contributed by atoms with Gasteiger partial charge in [0.25, 0.3) is 5.91 Å². The number of esters is 1. The summed E-state index contributed by atoms with van der Waals surface area (Å²) in [6, 6.07) is 5.49. The summed E-state index contributed by atoms with van der Waals surface area (Å²) in [6.45, 7) is 3.71. The second-order valence-corrected chi connectivity index (χ2v) is 9.31. The molecule has 0 spiro atoms. The van der Waals surface area contributed by atoms with Crippen molar-refractivity contribution < 1.29 is 33.4 Å². The van der Waals surface area contributed by atoms with Crippen LogP contribution in [0.1, 0.15) is 43.5 Å². The van der Waals surface area contributed by atoms with E-state index in [-0.39, 0.29) is 38.4 Å². The maximum atomic E-state index is 13.8. The molecule has 4 rings (SSSR count). The van der Waals surface area contributed by atoms with E-state index in [1.807, 2.05) is 12.2 Å². The molecular weight excluding hydrogens is 480 g/mol. The number of nitrogens with one attached hydrogen (secondary N) is 2. The van der Waals surface area contributed by atoms with E-state index in [9.17, 15) is 24.0 Å². The number of hydrogen-bond acceptors (Lipinski definition) is 7. The molecule has 1 aromatic carbocycles. The quantitative estimate of drug-likeness (QED) is 0.415. The van der Waals surface area contributed by atoms with Crippen LogP contribution in [0.2, 0.25) is 0 Å². The molecule has 3 aliphatic heterocycles. The van der Waals surface area contributed by atoms with E-state index < -0.39 is 54.1 Å². The van der Waals surface area contributed by atoms with E-state index in [2.05, 4.69) is 10.6 Å². The minimum absolute atomic E-state index is 0.00665. The second kappa shape index (κ2) is 11.5. The smallest absolute Gasteiger partial charge is 0.310 e. The number of carbonyl (C=O) groups is 5. The highest BCUT2D eigenvalue weighted by Gasteiger charge is 2.46. The Balaban J connectivity index is 1.58. The Morgan fingerprint density at radius 3 is 2.49 bits per heavy atom. The number of cyclic esters (lactones) is 1. The molecule has 5 atom stereocenters. The van der Waals surface area contributed by atoms with Gasteiger partial charge in [-0.1, -0.05) is 30.4 Å². The first-order valence-electron chi connectivity index (χ1n) is 12.5. The Bertz CT molecular complexity index is 1080. The lowest BCUT2D eigenvalue weighted by atomic mass is 9.96. The molecule has 1 aromatic rings. The number of carbonyl (C=O) groups excluding carboxylic acids is 5. The molecule has 0 aromatic heterocycles. The lowest BCUT2D eigenvalue weighted by Gasteiger charge is -2.47. The minimum atomic E-state index is -1.02. The van der Waals surface area contributed by atoms with Gasteiger partial charge in [0.2, 0.25) is 24.0 Å². The third-order valence-electron chi connectivity index (χ3n) is 6.76. The third kappa shape index (κ3) is 5.99. The van der Waals surface area contributed by atoms with Crippen LogP contribution in [0.15, 0.2) is 42.5 Å². The molecule has 0 aliphatic carbocycles. The lowest BCUT2D eigenvalue weighted by Crippen LogP contribution is -2.68. The van der Waals surface area contributed by atoms with Crippen LogP contribution in [-0.2, 0) is 28.7 Å². The van der Waals surface area contributed by atoms with Gasteiger partial charge < -0.3 is 29.9 Å². The monoisotopic (exact) mass is 512 g/mol. The molecule has 0 bridgehead atoms. The predicted molar refractivity (Wildman–Crippen MR) is 131 cm³/mol. The number of fused-ring (bicyclic) bond motifs is 1. The standard InChI is InChI=1S/C26H32N4O7/c1-3-36-26-20(13-22(32)37-26)28-24(34)21-15-29(16(2)31)14-18-11-7-8-12-19(25(35)30(18)21)27-23(33)17-9-5-4-6-10-17/h4-10,18-21,26H,3,11-15H2,1-2H3,(H,27,33)(H,28,34)/b8-7-/t18-,19-,20?,21-,26?/m0/s1. The number of piperazine rings is 1. The fourth-order valence-electron chi connectivity index (χ4n) is 4.92. The zero-order valence-electron chi connectivity index (χ0n) is 20.9. The normalized spacial score (nSPS) is 28.4. The molecule has 2 N–H and O–H groups in total. The van der Waals surface area contributed by atoms with Gasteiger partial charge in [-0.05, 0) is 31.9 Å². The van der Waals surface area contributed by atoms with Gasteiger partial charge in [0.05, 0.1) is 19.0 Å². The van der Waals surface area contributed by atoms with Gasteiger partial charge in [0.15, 0.2) is 0 Å². The van der Waals surface area contributed by atoms with Crippen LogP contribution in [0.25, 0.3) is 0 Å². The molecule has 3 aliphatic rings. The zero-order chi connectivity index (χ0) is 26.5. The van der Waals surface area contributed by atoms with Gasteiger partial charge in [-0.15, -0.1) is 0 Å². The van der Waals surface area contributed by atoms with E-state index in [1.54, 1.807) is 42.2 Å².